The maximum Gasteiger partial charge on any atom is 0.316 e. The molecular formula is C20H16FN7O. The zero-order valence-corrected chi connectivity index (χ0v) is 15.4. The number of hydrogen-bond acceptors (Lipinski definition) is 6. The number of aryl methyl sites for hydroxylation is 1. The number of nitrogens with one attached hydrogen (secondary N) is 2. The second kappa shape index (κ2) is 6.86. The van der Waals surface area contributed by atoms with Crippen molar-refractivity contribution in [2.75, 3.05) is 5.32 Å². The molecule has 0 amide bonds. The van der Waals surface area contributed by atoms with E-state index in [1.165, 1.54) is 12.1 Å². The highest BCUT2D eigenvalue weighted by molar-refractivity contribution is 5.93. The van der Waals surface area contributed by atoms with E-state index in [2.05, 4.69) is 30.6 Å². The van der Waals surface area contributed by atoms with E-state index in [-0.39, 0.29) is 11.8 Å². The number of pyridine rings is 1. The van der Waals surface area contributed by atoms with Crippen molar-refractivity contribution < 1.29 is 8.81 Å². The topological polar surface area (TPSA) is 97.5 Å². The smallest absolute Gasteiger partial charge is 0.316 e. The van der Waals surface area contributed by atoms with Crippen LogP contribution in [0.15, 0.2) is 59.5 Å². The minimum absolute atomic E-state index is 0.259. The largest absolute Gasteiger partial charge is 0.403 e. The Kier molecular flexibility index (Phi) is 4.05. The van der Waals surface area contributed by atoms with Crippen LogP contribution in [0.5, 0.6) is 0 Å². The third-order valence-corrected chi connectivity index (χ3v) is 4.56. The molecule has 8 nitrogen and oxygen atoms in total. The third kappa shape index (κ3) is 3.33. The lowest BCUT2D eigenvalue weighted by Crippen LogP contribution is -1.99. The average molecular weight is 389 g/mol. The van der Waals surface area contributed by atoms with Gasteiger partial charge in [-0.2, -0.15) is 5.10 Å². The summed E-state index contributed by atoms with van der Waals surface area (Å²) in [7, 11) is 1.87. The van der Waals surface area contributed by atoms with Gasteiger partial charge in [-0.05, 0) is 23.8 Å². The molecule has 0 bridgehead atoms. The SMILES string of the molecule is Cn1cc(-c2cnc3[nH]cc(-c4nnc(NCc5cccc(F)c5)o4)c3c2)cn1. The predicted octanol–water partition coefficient (Wildman–Crippen LogP) is 3.76. The van der Waals surface area contributed by atoms with E-state index < -0.39 is 0 Å². The number of hydrogen-bond donors (Lipinski definition) is 2. The van der Waals surface area contributed by atoms with Crippen LogP contribution in [0.25, 0.3) is 33.6 Å². The molecule has 0 aliphatic heterocycles. The van der Waals surface area contributed by atoms with Crippen LogP contribution in [0.1, 0.15) is 5.56 Å². The highest BCUT2D eigenvalue weighted by Gasteiger charge is 2.15. The van der Waals surface area contributed by atoms with E-state index in [9.17, 15) is 4.39 Å². The van der Waals surface area contributed by atoms with Gasteiger partial charge in [-0.1, -0.05) is 17.2 Å². The molecule has 1 aromatic carbocycles. The Bertz CT molecular complexity index is 1300. The molecule has 4 aromatic heterocycles. The number of H-pyrrole nitrogens is 1. The molecule has 29 heavy (non-hydrogen) atoms. The second-order valence-corrected chi connectivity index (χ2v) is 6.62. The Morgan fingerprint density at radius 1 is 1.17 bits per heavy atom. The molecule has 4 heterocycles. The van der Waals surface area contributed by atoms with Gasteiger partial charge in [0.1, 0.15) is 11.5 Å². The Hall–Kier alpha value is -4.01. The quantitative estimate of drug-likeness (QED) is 0.475. The number of aromatic amines is 1. The average Bonchev–Trinajstić information content (AvgIpc) is 3.45. The molecule has 0 unspecified atom stereocenters. The second-order valence-electron chi connectivity index (χ2n) is 6.62. The number of benzene rings is 1. The van der Waals surface area contributed by atoms with Crippen molar-refractivity contribution in [2.45, 2.75) is 6.54 Å². The van der Waals surface area contributed by atoms with Crippen LogP contribution >= 0.6 is 0 Å². The standard InChI is InChI=1S/C20H16FN7O/c1-28-11-14(9-25-28)13-6-16-17(10-23-18(16)22-8-13)19-26-27-20(29-19)24-7-12-3-2-4-15(21)5-12/h2-6,8-11H,7H2,1H3,(H,22,23)(H,24,27). The highest BCUT2D eigenvalue weighted by Crippen LogP contribution is 2.30. The van der Waals surface area contributed by atoms with E-state index in [1.54, 1.807) is 29.3 Å². The van der Waals surface area contributed by atoms with E-state index in [4.69, 9.17) is 4.42 Å². The summed E-state index contributed by atoms with van der Waals surface area (Å²) in [5.74, 6) is 0.0781. The first-order valence-electron chi connectivity index (χ1n) is 8.94. The Morgan fingerprint density at radius 2 is 2.10 bits per heavy atom. The number of aromatic nitrogens is 6. The summed E-state index contributed by atoms with van der Waals surface area (Å²) in [5.41, 5.74) is 4.17. The maximum absolute atomic E-state index is 13.3. The fourth-order valence-electron chi connectivity index (χ4n) is 3.14. The number of nitrogens with zero attached hydrogens (tertiary/aromatic N) is 5. The molecule has 2 N–H and O–H groups in total. The first kappa shape index (κ1) is 17.1. The van der Waals surface area contributed by atoms with Gasteiger partial charge in [0.2, 0.25) is 0 Å². The van der Waals surface area contributed by atoms with Gasteiger partial charge in [0, 0.05) is 48.7 Å². The van der Waals surface area contributed by atoms with Gasteiger partial charge in [-0.25, -0.2) is 9.37 Å². The molecule has 0 radical (unpaired) electrons. The lowest BCUT2D eigenvalue weighted by atomic mass is 10.1. The molecule has 9 heteroatoms. The Morgan fingerprint density at radius 3 is 2.93 bits per heavy atom. The van der Waals surface area contributed by atoms with Gasteiger partial charge < -0.3 is 14.7 Å². The fourth-order valence-corrected chi connectivity index (χ4v) is 3.14. The predicted molar refractivity (Wildman–Crippen MR) is 105 cm³/mol. The summed E-state index contributed by atoms with van der Waals surface area (Å²) < 4.78 is 20.8. The zero-order chi connectivity index (χ0) is 19.8. The van der Waals surface area contributed by atoms with E-state index in [0.717, 1.165) is 33.3 Å². The van der Waals surface area contributed by atoms with Crippen LogP contribution in [-0.4, -0.2) is 29.9 Å². The van der Waals surface area contributed by atoms with Crippen molar-refractivity contribution in [3.63, 3.8) is 0 Å². The first-order valence-corrected chi connectivity index (χ1v) is 8.94. The van der Waals surface area contributed by atoms with Crippen molar-refractivity contribution in [2.24, 2.45) is 7.05 Å². The highest BCUT2D eigenvalue weighted by atomic mass is 19.1. The van der Waals surface area contributed by atoms with Gasteiger partial charge in [-0.3, -0.25) is 4.68 Å². The molecule has 0 atom stereocenters. The summed E-state index contributed by atoms with van der Waals surface area (Å²) in [4.78, 5) is 7.59. The zero-order valence-electron chi connectivity index (χ0n) is 15.4. The summed E-state index contributed by atoms with van der Waals surface area (Å²) in [6.45, 7) is 0.375. The molecule has 144 valence electrons. The maximum atomic E-state index is 13.3. The van der Waals surface area contributed by atoms with Crippen molar-refractivity contribution in [1.82, 2.24) is 29.9 Å². The monoisotopic (exact) mass is 389 g/mol. The molecule has 0 saturated heterocycles. The summed E-state index contributed by atoms with van der Waals surface area (Å²) in [5, 5.41) is 16.2. The molecule has 5 rings (SSSR count). The molecule has 0 aliphatic rings. The van der Waals surface area contributed by atoms with Gasteiger partial charge in [-0.15, -0.1) is 5.10 Å². The normalized spacial score (nSPS) is 11.2. The van der Waals surface area contributed by atoms with Crippen LogP contribution in [0.2, 0.25) is 0 Å². The van der Waals surface area contributed by atoms with Gasteiger partial charge in [0.25, 0.3) is 5.89 Å². The van der Waals surface area contributed by atoms with Gasteiger partial charge >= 0.3 is 6.01 Å². The minimum atomic E-state index is -0.286. The van der Waals surface area contributed by atoms with Crippen LogP contribution in [0.4, 0.5) is 10.4 Å². The van der Waals surface area contributed by atoms with E-state index in [1.807, 2.05) is 25.4 Å². The number of rotatable bonds is 5. The molecule has 0 spiro atoms. The summed E-state index contributed by atoms with van der Waals surface area (Å²) >= 11 is 0. The minimum Gasteiger partial charge on any atom is -0.403 e. The third-order valence-electron chi connectivity index (χ3n) is 4.56. The van der Waals surface area contributed by atoms with Crippen LogP contribution in [0, 0.1) is 5.82 Å². The van der Waals surface area contributed by atoms with Crippen molar-refractivity contribution in [3.05, 3.63) is 66.5 Å². The molecule has 0 fully saturated rings. The Labute approximate surface area is 164 Å². The summed E-state index contributed by atoms with van der Waals surface area (Å²) in [6, 6.07) is 8.60. The molecule has 0 saturated carbocycles. The van der Waals surface area contributed by atoms with Crippen LogP contribution in [-0.2, 0) is 13.6 Å². The van der Waals surface area contributed by atoms with Gasteiger partial charge in [0.05, 0.1) is 11.8 Å². The molecule has 0 aliphatic carbocycles. The molecule has 5 aromatic rings. The van der Waals surface area contributed by atoms with E-state index >= 15 is 0 Å². The van der Waals surface area contributed by atoms with Crippen molar-refractivity contribution in [1.29, 1.82) is 0 Å². The van der Waals surface area contributed by atoms with Gasteiger partial charge in [0.15, 0.2) is 0 Å². The van der Waals surface area contributed by atoms with Crippen LogP contribution in [0.3, 0.4) is 0 Å². The number of fused-ring (bicyclic) bond motifs is 1. The molecular weight excluding hydrogens is 373 g/mol. The summed E-state index contributed by atoms with van der Waals surface area (Å²) in [6.07, 6.45) is 7.29. The van der Waals surface area contributed by atoms with E-state index in [0.29, 0.717) is 12.4 Å². The van der Waals surface area contributed by atoms with Crippen molar-refractivity contribution in [3.8, 4) is 22.6 Å². The first-order chi connectivity index (χ1) is 14.2. The fraction of sp³-hybridized carbons (Fsp3) is 0.100. The van der Waals surface area contributed by atoms with Crippen molar-refractivity contribution >= 4 is 17.0 Å². The number of halogens is 1. The lowest BCUT2D eigenvalue weighted by Gasteiger charge is -2.01. The van der Waals surface area contributed by atoms with Crippen LogP contribution < -0.4 is 5.32 Å². The Balaban J connectivity index is 1.42. The lowest BCUT2D eigenvalue weighted by molar-refractivity contribution is 0.581. The number of anilines is 1.